The van der Waals surface area contributed by atoms with Crippen molar-refractivity contribution in [3.8, 4) is 0 Å². The summed E-state index contributed by atoms with van der Waals surface area (Å²) in [5, 5.41) is 6.32. The van der Waals surface area contributed by atoms with Crippen LogP contribution in [0.25, 0.3) is 0 Å². The molecule has 0 aliphatic rings. The molecule has 0 spiro atoms. The lowest BCUT2D eigenvalue weighted by molar-refractivity contribution is 0.0525. The summed E-state index contributed by atoms with van der Waals surface area (Å²) < 4.78 is 4.94. The number of carbonyl (C=O) groups is 1. The van der Waals surface area contributed by atoms with Crippen LogP contribution in [-0.2, 0) is 16.2 Å². The van der Waals surface area contributed by atoms with Gasteiger partial charge in [0.1, 0.15) is 5.71 Å². The van der Waals surface area contributed by atoms with Crippen LogP contribution in [0, 0.1) is 0 Å². The van der Waals surface area contributed by atoms with Crippen LogP contribution in [0.2, 0.25) is 0 Å². The van der Waals surface area contributed by atoms with E-state index in [1.165, 1.54) is 6.20 Å². The highest BCUT2D eigenvalue weighted by molar-refractivity contribution is 7.12. The summed E-state index contributed by atoms with van der Waals surface area (Å²) in [6, 6.07) is 17.3. The molecular formula is C20H18N2O3S. The molecule has 0 bridgehead atoms. The Morgan fingerprint density at radius 2 is 1.92 bits per heavy atom. The molecule has 0 saturated carbocycles. The fraction of sp³-hybridized carbons (Fsp3) is 0.150. The normalized spacial score (nSPS) is 11.2. The molecule has 5 nitrogen and oxygen atoms in total. The van der Waals surface area contributed by atoms with Gasteiger partial charge in [0, 0.05) is 11.8 Å². The van der Waals surface area contributed by atoms with E-state index in [2.05, 4.69) is 10.1 Å². The molecule has 0 amide bonds. The average Bonchev–Trinajstić information content (AvgIpc) is 3.21. The first-order valence-corrected chi connectivity index (χ1v) is 9.07. The number of hydrogen-bond donors (Lipinski definition) is 0. The van der Waals surface area contributed by atoms with Gasteiger partial charge in [-0.25, -0.2) is 4.79 Å². The lowest BCUT2D eigenvalue weighted by atomic mass is 10.1. The lowest BCUT2D eigenvalue weighted by Crippen LogP contribution is -2.06. The Bertz CT molecular complexity index is 860. The van der Waals surface area contributed by atoms with E-state index in [9.17, 15) is 4.79 Å². The maximum Gasteiger partial charge on any atom is 0.339 e. The highest BCUT2D eigenvalue weighted by Gasteiger charge is 2.10. The van der Waals surface area contributed by atoms with Crippen molar-refractivity contribution in [2.24, 2.45) is 5.16 Å². The molecule has 2 aromatic heterocycles. The van der Waals surface area contributed by atoms with Crippen LogP contribution in [0.1, 0.15) is 33.4 Å². The fourth-order valence-electron chi connectivity index (χ4n) is 2.26. The molecule has 26 heavy (non-hydrogen) atoms. The minimum Gasteiger partial charge on any atom is -0.462 e. The summed E-state index contributed by atoms with van der Waals surface area (Å²) in [5.41, 5.74) is 2.87. The van der Waals surface area contributed by atoms with Crippen molar-refractivity contribution >= 4 is 23.0 Å². The predicted octanol–water partition coefficient (Wildman–Crippen LogP) is 4.29. The summed E-state index contributed by atoms with van der Waals surface area (Å²) in [6.07, 6.45) is 1.48. The molecule has 0 N–H and O–H groups in total. The molecule has 0 aliphatic carbocycles. The molecule has 0 fully saturated rings. The SMILES string of the molecule is CCOC(=O)c1ccc(CO/N=C(/c2ccccc2)c2cccs2)nc1. The van der Waals surface area contributed by atoms with E-state index in [1.54, 1.807) is 30.4 Å². The molecule has 132 valence electrons. The molecule has 3 rings (SSSR count). The third-order valence-corrected chi connectivity index (χ3v) is 4.38. The average molecular weight is 366 g/mol. The van der Waals surface area contributed by atoms with Gasteiger partial charge in [0.2, 0.25) is 0 Å². The van der Waals surface area contributed by atoms with E-state index in [-0.39, 0.29) is 12.6 Å². The summed E-state index contributed by atoms with van der Waals surface area (Å²) in [5.74, 6) is -0.380. The van der Waals surface area contributed by atoms with Crippen LogP contribution in [0.5, 0.6) is 0 Å². The number of rotatable bonds is 7. The van der Waals surface area contributed by atoms with Crippen molar-refractivity contribution in [3.63, 3.8) is 0 Å². The van der Waals surface area contributed by atoms with Crippen molar-refractivity contribution in [1.82, 2.24) is 4.98 Å². The van der Waals surface area contributed by atoms with Crippen molar-refractivity contribution < 1.29 is 14.4 Å². The molecule has 0 unspecified atom stereocenters. The van der Waals surface area contributed by atoms with Gasteiger partial charge in [0.15, 0.2) is 6.61 Å². The largest absolute Gasteiger partial charge is 0.462 e. The number of aromatic nitrogens is 1. The van der Waals surface area contributed by atoms with Gasteiger partial charge in [-0.15, -0.1) is 11.3 Å². The zero-order chi connectivity index (χ0) is 18.2. The van der Waals surface area contributed by atoms with Gasteiger partial charge in [-0.1, -0.05) is 41.6 Å². The Labute approximate surface area is 155 Å². The van der Waals surface area contributed by atoms with Gasteiger partial charge in [0.05, 0.1) is 22.7 Å². The number of nitrogens with zero attached hydrogens (tertiary/aromatic N) is 2. The van der Waals surface area contributed by atoms with Crippen LogP contribution >= 0.6 is 11.3 Å². The molecule has 2 heterocycles. The summed E-state index contributed by atoms with van der Waals surface area (Å²) in [4.78, 5) is 22.4. The Morgan fingerprint density at radius 1 is 1.08 bits per heavy atom. The first-order chi connectivity index (χ1) is 12.8. The second kappa shape index (κ2) is 8.92. The van der Waals surface area contributed by atoms with Gasteiger partial charge in [-0.2, -0.15) is 0 Å². The molecule has 0 saturated heterocycles. The second-order valence-electron chi connectivity index (χ2n) is 5.32. The number of ether oxygens (including phenoxy) is 1. The topological polar surface area (TPSA) is 60.8 Å². The van der Waals surface area contributed by atoms with Gasteiger partial charge < -0.3 is 9.57 Å². The Balaban J connectivity index is 1.70. The van der Waals surface area contributed by atoms with E-state index in [0.29, 0.717) is 17.9 Å². The maximum atomic E-state index is 11.6. The molecule has 0 atom stereocenters. The van der Waals surface area contributed by atoms with Crippen LogP contribution in [0.15, 0.2) is 71.3 Å². The minimum absolute atomic E-state index is 0.213. The number of esters is 1. The number of thiophene rings is 1. The van der Waals surface area contributed by atoms with Crippen LogP contribution in [0.4, 0.5) is 0 Å². The summed E-state index contributed by atoms with van der Waals surface area (Å²) in [7, 11) is 0. The standard InChI is InChI=1S/C20H18N2O3S/c1-2-24-20(23)16-10-11-17(21-13-16)14-25-22-19(18-9-6-12-26-18)15-7-4-3-5-8-15/h3-13H,2,14H2,1H3/b22-19-. The van der Waals surface area contributed by atoms with Crippen molar-refractivity contribution in [1.29, 1.82) is 0 Å². The van der Waals surface area contributed by atoms with E-state index in [1.807, 2.05) is 47.8 Å². The summed E-state index contributed by atoms with van der Waals surface area (Å²) >= 11 is 1.60. The van der Waals surface area contributed by atoms with Crippen LogP contribution in [0.3, 0.4) is 0 Å². The van der Waals surface area contributed by atoms with Gasteiger partial charge >= 0.3 is 5.97 Å². The molecule has 0 aliphatic heterocycles. The Hall–Kier alpha value is -2.99. The zero-order valence-corrected chi connectivity index (χ0v) is 15.1. The predicted molar refractivity (Wildman–Crippen MR) is 101 cm³/mol. The fourth-order valence-corrected chi connectivity index (χ4v) is 2.98. The van der Waals surface area contributed by atoms with E-state index < -0.39 is 0 Å². The third kappa shape index (κ3) is 4.55. The van der Waals surface area contributed by atoms with Gasteiger partial charge in [0.25, 0.3) is 0 Å². The van der Waals surface area contributed by atoms with E-state index in [0.717, 1.165) is 16.2 Å². The smallest absolute Gasteiger partial charge is 0.339 e. The van der Waals surface area contributed by atoms with Crippen LogP contribution < -0.4 is 0 Å². The quantitative estimate of drug-likeness (QED) is 0.356. The zero-order valence-electron chi connectivity index (χ0n) is 14.3. The molecule has 3 aromatic rings. The number of benzene rings is 1. The van der Waals surface area contributed by atoms with Crippen molar-refractivity contribution in [2.45, 2.75) is 13.5 Å². The van der Waals surface area contributed by atoms with Crippen LogP contribution in [-0.4, -0.2) is 23.3 Å². The van der Waals surface area contributed by atoms with Gasteiger partial charge in [-0.3, -0.25) is 4.98 Å². The number of carbonyl (C=O) groups excluding carboxylic acids is 1. The number of hydrogen-bond acceptors (Lipinski definition) is 6. The first-order valence-electron chi connectivity index (χ1n) is 8.19. The molecule has 6 heteroatoms. The Kier molecular flexibility index (Phi) is 6.11. The van der Waals surface area contributed by atoms with E-state index in [4.69, 9.17) is 9.57 Å². The maximum absolute atomic E-state index is 11.6. The van der Waals surface area contributed by atoms with Gasteiger partial charge in [-0.05, 0) is 30.5 Å². The lowest BCUT2D eigenvalue weighted by Gasteiger charge is -2.06. The number of pyridine rings is 1. The highest BCUT2D eigenvalue weighted by Crippen LogP contribution is 2.16. The first kappa shape index (κ1) is 17.8. The monoisotopic (exact) mass is 366 g/mol. The number of oxime groups is 1. The molecule has 1 aromatic carbocycles. The van der Waals surface area contributed by atoms with E-state index >= 15 is 0 Å². The summed E-state index contributed by atoms with van der Waals surface area (Å²) in [6.45, 7) is 2.32. The Morgan fingerprint density at radius 3 is 2.58 bits per heavy atom. The second-order valence-corrected chi connectivity index (χ2v) is 6.26. The third-order valence-electron chi connectivity index (χ3n) is 3.51. The molecule has 0 radical (unpaired) electrons. The van der Waals surface area contributed by atoms with Crippen molar-refractivity contribution in [3.05, 3.63) is 87.9 Å². The molecular weight excluding hydrogens is 348 g/mol. The highest BCUT2D eigenvalue weighted by atomic mass is 32.1. The minimum atomic E-state index is -0.380. The van der Waals surface area contributed by atoms with Crippen molar-refractivity contribution in [2.75, 3.05) is 6.61 Å².